The van der Waals surface area contributed by atoms with Gasteiger partial charge in [-0.25, -0.2) is 14.8 Å². The Bertz CT molecular complexity index is 1390. The number of esters is 1. The van der Waals surface area contributed by atoms with Gasteiger partial charge in [0, 0.05) is 29.9 Å². The van der Waals surface area contributed by atoms with Crippen LogP contribution in [0.5, 0.6) is 17.2 Å². The van der Waals surface area contributed by atoms with Crippen molar-refractivity contribution in [3.8, 4) is 17.2 Å². The second-order valence-electron chi connectivity index (χ2n) is 8.12. The standard InChI is InChI=1S/C25H24ClN3O5S/c1-2-3-10-33-24(31)21-22(30)18-13-15(4-6-17(18)23(26)28-21)34-16-5-7-19-20(14-16)35-25(27-19)29-8-11-32-12-9-29/h4-7,13-14,30H,2-3,8-12H2,1H3. The van der Waals surface area contributed by atoms with E-state index in [4.69, 9.17) is 30.8 Å². The minimum absolute atomic E-state index is 0.105. The summed E-state index contributed by atoms with van der Waals surface area (Å²) in [5.74, 6) is 0.118. The number of carbonyl (C=O) groups excluding carboxylic acids is 1. The number of unbranched alkanes of at least 4 members (excludes halogenated alkanes) is 1. The van der Waals surface area contributed by atoms with Crippen LogP contribution in [0.2, 0.25) is 5.15 Å². The van der Waals surface area contributed by atoms with Gasteiger partial charge in [0.05, 0.1) is 30.0 Å². The number of fused-ring (bicyclic) bond motifs is 2. The molecular formula is C25H24ClN3O5S. The number of morpholine rings is 1. The van der Waals surface area contributed by atoms with E-state index in [-0.39, 0.29) is 23.2 Å². The summed E-state index contributed by atoms with van der Waals surface area (Å²) in [6.07, 6.45) is 1.61. The molecular weight excluding hydrogens is 490 g/mol. The number of halogens is 1. The summed E-state index contributed by atoms with van der Waals surface area (Å²) < 4.78 is 17.7. The summed E-state index contributed by atoms with van der Waals surface area (Å²) >= 11 is 7.91. The molecule has 5 rings (SSSR count). The van der Waals surface area contributed by atoms with E-state index in [0.29, 0.717) is 35.5 Å². The van der Waals surface area contributed by atoms with E-state index >= 15 is 0 Å². The lowest BCUT2D eigenvalue weighted by Gasteiger charge is -2.25. The Morgan fingerprint density at radius 1 is 1.14 bits per heavy atom. The number of hydrogen-bond acceptors (Lipinski definition) is 9. The minimum Gasteiger partial charge on any atom is -0.505 e. The summed E-state index contributed by atoms with van der Waals surface area (Å²) in [6.45, 7) is 5.31. The van der Waals surface area contributed by atoms with Crippen molar-refractivity contribution in [2.75, 3.05) is 37.8 Å². The molecule has 0 aliphatic carbocycles. The van der Waals surface area contributed by atoms with Crippen LogP contribution in [0.3, 0.4) is 0 Å². The number of anilines is 1. The topological polar surface area (TPSA) is 94.0 Å². The van der Waals surface area contributed by atoms with Gasteiger partial charge in [0.15, 0.2) is 16.6 Å². The van der Waals surface area contributed by atoms with E-state index in [1.807, 2.05) is 25.1 Å². The molecule has 0 amide bonds. The van der Waals surface area contributed by atoms with Crippen LogP contribution in [-0.4, -0.2) is 54.0 Å². The van der Waals surface area contributed by atoms with Gasteiger partial charge >= 0.3 is 5.97 Å². The fourth-order valence-electron chi connectivity index (χ4n) is 3.80. The van der Waals surface area contributed by atoms with Crippen LogP contribution in [0.15, 0.2) is 36.4 Å². The zero-order valence-corrected chi connectivity index (χ0v) is 20.7. The molecule has 0 spiro atoms. The second kappa shape index (κ2) is 10.2. The lowest BCUT2D eigenvalue weighted by atomic mass is 10.1. The molecule has 0 radical (unpaired) electrons. The Morgan fingerprint density at radius 3 is 2.71 bits per heavy atom. The largest absolute Gasteiger partial charge is 0.505 e. The van der Waals surface area contributed by atoms with Gasteiger partial charge in [-0.2, -0.15) is 0 Å². The van der Waals surface area contributed by atoms with Gasteiger partial charge in [-0.1, -0.05) is 36.3 Å². The van der Waals surface area contributed by atoms with Crippen LogP contribution in [0.25, 0.3) is 21.0 Å². The van der Waals surface area contributed by atoms with Gasteiger partial charge in [0.1, 0.15) is 16.7 Å². The van der Waals surface area contributed by atoms with Crippen LogP contribution in [0.1, 0.15) is 30.3 Å². The average molecular weight is 514 g/mol. The van der Waals surface area contributed by atoms with Gasteiger partial charge in [-0.05, 0) is 36.8 Å². The predicted octanol–water partition coefficient (Wildman–Crippen LogP) is 5.79. The van der Waals surface area contributed by atoms with Gasteiger partial charge in [-0.3, -0.25) is 0 Å². The van der Waals surface area contributed by atoms with Crippen LogP contribution >= 0.6 is 22.9 Å². The first-order chi connectivity index (χ1) is 17.0. The predicted molar refractivity (Wildman–Crippen MR) is 136 cm³/mol. The molecule has 35 heavy (non-hydrogen) atoms. The van der Waals surface area contributed by atoms with Crippen molar-refractivity contribution in [1.29, 1.82) is 0 Å². The van der Waals surface area contributed by atoms with Crippen LogP contribution < -0.4 is 9.64 Å². The van der Waals surface area contributed by atoms with E-state index < -0.39 is 5.97 Å². The summed E-state index contributed by atoms with van der Waals surface area (Å²) in [5, 5.41) is 12.7. The lowest BCUT2D eigenvalue weighted by molar-refractivity contribution is 0.0489. The molecule has 1 fully saturated rings. The van der Waals surface area contributed by atoms with Crippen molar-refractivity contribution in [3.05, 3.63) is 47.2 Å². The number of aromatic hydroxyl groups is 1. The number of benzene rings is 2. The fraction of sp³-hybridized carbons (Fsp3) is 0.320. The molecule has 0 saturated carbocycles. The number of pyridine rings is 1. The first-order valence-electron chi connectivity index (χ1n) is 11.4. The Kier molecular flexibility index (Phi) is 6.90. The highest BCUT2D eigenvalue weighted by Gasteiger charge is 2.21. The molecule has 0 atom stereocenters. The summed E-state index contributed by atoms with van der Waals surface area (Å²) in [7, 11) is 0. The quantitative estimate of drug-likeness (QED) is 0.188. The molecule has 2 aromatic heterocycles. The highest BCUT2D eigenvalue weighted by atomic mass is 35.5. The molecule has 1 aliphatic rings. The first kappa shape index (κ1) is 23.6. The molecule has 1 N–H and O–H groups in total. The number of carbonyl (C=O) groups is 1. The Balaban J connectivity index is 1.41. The molecule has 1 saturated heterocycles. The van der Waals surface area contributed by atoms with Crippen molar-refractivity contribution < 1.29 is 24.1 Å². The molecule has 2 aromatic carbocycles. The van der Waals surface area contributed by atoms with E-state index in [1.54, 1.807) is 29.5 Å². The van der Waals surface area contributed by atoms with Crippen molar-refractivity contribution in [3.63, 3.8) is 0 Å². The number of rotatable bonds is 7. The molecule has 10 heteroatoms. The van der Waals surface area contributed by atoms with E-state index in [1.165, 1.54) is 0 Å². The van der Waals surface area contributed by atoms with Crippen molar-refractivity contribution in [2.45, 2.75) is 19.8 Å². The van der Waals surface area contributed by atoms with Crippen LogP contribution in [0.4, 0.5) is 5.13 Å². The third-order valence-corrected chi connectivity index (χ3v) is 7.06. The normalized spacial score (nSPS) is 13.9. The summed E-state index contributed by atoms with van der Waals surface area (Å²) in [4.78, 5) is 23.4. The van der Waals surface area contributed by atoms with Crippen LogP contribution in [0, 0.1) is 0 Å². The number of ether oxygens (including phenoxy) is 3. The maximum Gasteiger partial charge on any atom is 0.360 e. The van der Waals surface area contributed by atoms with Gasteiger partial charge in [0.2, 0.25) is 0 Å². The Morgan fingerprint density at radius 2 is 1.91 bits per heavy atom. The molecule has 3 heterocycles. The summed E-state index contributed by atoms with van der Waals surface area (Å²) in [6, 6.07) is 10.8. The van der Waals surface area contributed by atoms with Gasteiger partial charge in [-0.15, -0.1) is 0 Å². The maximum atomic E-state index is 12.4. The van der Waals surface area contributed by atoms with Gasteiger partial charge in [0.25, 0.3) is 0 Å². The highest BCUT2D eigenvalue weighted by Crippen LogP contribution is 2.37. The highest BCUT2D eigenvalue weighted by molar-refractivity contribution is 7.22. The molecule has 8 nitrogen and oxygen atoms in total. The monoisotopic (exact) mass is 513 g/mol. The number of nitrogens with zero attached hydrogens (tertiary/aromatic N) is 3. The molecule has 4 aromatic rings. The second-order valence-corrected chi connectivity index (χ2v) is 9.49. The smallest absolute Gasteiger partial charge is 0.360 e. The van der Waals surface area contributed by atoms with Crippen molar-refractivity contribution in [1.82, 2.24) is 9.97 Å². The van der Waals surface area contributed by atoms with E-state index in [9.17, 15) is 9.90 Å². The molecule has 182 valence electrons. The Hall–Kier alpha value is -3.14. The molecule has 0 bridgehead atoms. The molecule has 1 aliphatic heterocycles. The minimum atomic E-state index is -0.710. The SMILES string of the molecule is CCCCOC(=O)c1nc(Cl)c2ccc(Oc3ccc4nc(N5CCOCC5)sc4c3)cc2c1O. The van der Waals surface area contributed by atoms with Gasteiger partial charge < -0.3 is 24.2 Å². The van der Waals surface area contributed by atoms with Crippen LogP contribution in [-0.2, 0) is 9.47 Å². The third kappa shape index (κ3) is 4.98. The third-order valence-electron chi connectivity index (χ3n) is 5.69. The Labute approximate surface area is 211 Å². The number of hydrogen-bond donors (Lipinski definition) is 1. The van der Waals surface area contributed by atoms with Crippen molar-refractivity contribution in [2.24, 2.45) is 0 Å². The average Bonchev–Trinajstić information content (AvgIpc) is 3.30. The molecule has 0 unspecified atom stereocenters. The zero-order valence-electron chi connectivity index (χ0n) is 19.1. The number of aromatic nitrogens is 2. The fourth-order valence-corrected chi connectivity index (χ4v) is 5.10. The number of thiazole rings is 1. The lowest BCUT2D eigenvalue weighted by Crippen LogP contribution is -2.36. The van der Waals surface area contributed by atoms with E-state index in [2.05, 4.69) is 9.88 Å². The summed E-state index contributed by atoms with van der Waals surface area (Å²) in [5.41, 5.74) is 0.696. The van der Waals surface area contributed by atoms with Crippen molar-refractivity contribution >= 4 is 55.0 Å². The first-order valence-corrected chi connectivity index (χ1v) is 12.6. The zero-order chi connectivity index (χ0) is 24.4. The maximum absolute atomic E-state index is 12.4. The van der Waals surface area contributed by atoms with E-state index in [0.717, 1.165) is 41.3 Å².